The second-order valence-electron chi connectivity index (χ2n) is 7.78. The molecule has 1 aliphatic rings. The molecule has 1 aliphatic heterocycles. The summed E-state index contributed by atoms with van der Waals surface area (Å²) in [6.07, 6.45) is 1.44. The van der Waals surface area contributed by atoms with E-state index < -0.39 is 22.5 Å². The number of nitrogens with zero attached hydrogens (tertiary/aromatic N) is 2. The maximum Gasteiger partial charge on any atom is 0.264 e. The van der Waals surface area contributed by atoms with Crippen LogP contribution in [0.1, 0.15) is 16.7 Å². The molecule has 1 heterocycles. The van der Waals surface area contributed by atoms with Crippen molar-refractivity contribution in [3.8, 4) is 11.5 Å². The minimum atomic E-state index is -3.99. The average Bonchev–Trinajstić information content (AvgIpc) is 2.83. The standard InChI is InChI=1S/C25H25N3O5S/c1-18-11-12-22(19(2)15-18)28(34(30,31)21-8-4-3-5-9-21)17-24(29)27-26-16-20-7-6-10-23-25(20)33-14-13-32-23/h3-12,15-16H,13-14,17H2,1-2H3,(H,27,29)/b26-16-. The lowest BCUT2D eigenvalue weighted by atomic mass is 10.1. The van der Waals surface area contributed by atoms with Crippen LogP contribution in [0.3, 0.4) is 0 Å². The maximum atomic E-state index is 13.4. The van der Waals surface area contributed by atoms with Crippen LogP contribution < -0.4 is 19.2 Å². The minimum Gasteiger partial charge on any atom is -0.486 e. The van der Waals surface area contributed by atoms with Crippen LogP contribution in [0.2, 0.25) is 0 Å². The van der Waals surface area contributed by atoms with Gasteiger partial charge in [0.2, 0.25) is 0 Å². The van der Waals surface area contributed by atoms with Gasteiger partial charge >= 0.3 is 0 Å². The lowest BCUT2D eigenvalue weighted by molar-refractivity contribution is -0.119. The third-order valence-electron chi connectivity index (χ3n) is 5.23. The number of hydrazone groups is 1. The van der Waals surface area contributed by atoms with Gasteiger partial charge in [0.15, 0.2) is 11.5 Å². The summed E-state index contributed by atoms with van der Waals surface area (Å²) in [5.41, 5.74) is 5.22. The minimum absolute atomic E-state index is 0.0966. The smallest absolute Gasteiger partial charge is 0.264 e. The molecule has 9 heteroatoms. The topological polar surface area (TPSA) is 97.3 Å². The summed E-state index contributed by atoms with van der Waals surface area (Å²) in [6.45, 7) is 4.18. The average molecular weight is 480 g/mol. The third-order valence-corrected chi connectivity index (χ3v) is 7.00. The molecule has 0 radical (unpaired) electrons. The molecular weight excluding hydrogens is 454 g/mol. The molecular formula is C25H25N3O5S. The summed E-state index contributed by atoms with van der Waals surface area (Å²) in [4.78, 5) is 12.9. The Morgan fingerprint density at radius 3 is 2.56 bits per heavy atom. The number of nitrogens with one attached hydrogen (secondary N) is 1. The molecule has 176 valence electrons. The van der Waals surface area contributed by atoms with Gasteiger partial charge in [0.05, 0.1) is 16.8 Å². The number of benzene rings is 3. The van der Waals surface area contributed by atoms with E-state index in [9.17, 15) is 13.2 Å². The predicted octanol–water partition coefficient (Wildman–Crippen LogP) is 3.42. The van der Waals surface area contributed by atoms with Crippen molar-refractivity contribution in [3.63, 3.8) is 0 Å². The second-order valence-corrected chi connectivity index (χ2v) is 9.64. The van der Waals surface area contributed by atoms with E-state index in [1.54, 1.807) is 42.5 Å². The number of aryl methyl sites for hydroxylation is 2. The SMILES string of the molecule is Cc1ccc(N(CC(=O)N/N=C\c2cccc3c2OCCO3)S(=O)(=O)c2ccccc2)c(C)c1. The highest BCUT2D eigenvalue weighted by atomic mass is 32.2. The van der Waals surface area contributed by atoms with Crippen molar-refractivity contribution in [2.45, 2.75) is 18.7 Å². The highest BCUT2D eigenvalue weighted by Crippen LogP contribution is 2.32. The van der Waals surface area contributed by atoms with Gasteiger partial charge < -0.3 is 9.47 Å². The van der Waals surface area contributed by atoms with E-state index >= 15 is 0 Å². The summed E-state index contributed by atoms with van der Waals surface area (Å²) >= 11 is 0. The van der Waals surface area contributed by atoms with Crippen LogP contribution in [0.5, 0.6) is 11.5 Å². The molecule has 0 spiro atoms. The van der Waals surface area contributed by atoms with Gasteiger partial charge in [-0.05, 0) is 49.7 Å². The first-order valence-corrected chi connectivity index (χ1v) is 12.2. The first-order valence-electron chi connectivity index (χ1n) is 10.7. The fraction of sp³-hybridized carbons (Fsp3) is 0.200. The van der Waals surface area contributed by atoms with Gasteiger partial charge in [0.1, 0.15) is 19.8 Å². The molecule has 34 heavy (non-hydrogen) atoms. The van der Waals surface area contributed by atoms with Crippen LogP contribution in [-0.4, -0.2) is 40.3 Å². The number of fused-ring (bicyclic) bond motifs is 1. The third kappa shape index (κ3) is 5.04. The summed E-state index contributed by atoms with van der Waals surface area (Å²) in [6, 6.07) is 18.8. The van der Waals surface area contributed by atoms with Crippen LogP contribution in [0.25, 0.3) is 0 Å². The number of para-hydroxylation sites is 1. The second kappa shape index (κ2) is 9.96. The fourth-order valence-corrected chi connectivity index (χ4v) is 5.15. The molecule has 0 aromatic heterocycles. The summed E-state index contributed by atoms with van der Waals surface area (Å²) in [5.74, 6) is 0.574. The number of hydrogen-bond acceptors (Lipinski definition) is 6. The summed E-state index contributed by atoms with van der Waals surface area (Å²) in [7, 11) is -3.99. The van der Waals surface area contributed by atoms with Crippen molar-refractivity contribution in [1.29, 1.82) is 0 Å². The number of sulfonamides is 1. The zero-order valence-electron chi connectivity index (χ0n) is 18.9. The Kier molecular flexibility index (Phi) is 6.83. The molecule has 3 aromatic rings. The number of amides is 1. The molecule has 0 saturated heterocycles. The highest BCUT2D eigenvalue weighted by Gasteiger charge is 2.28. The van der Waals surface area contributed by atoms with Gasteiger partial charge in [0, 0.05) is 5.56 Å². The Morgan fingerprint density at radius 1 is 1.03 bits per heavy atom. The predicted molar refractivity (Wildman–Crippen MR) is 130 cm³/mol. The van der Waals surface area contributed by atoms with Crippen LogP contribution in [-0.2, 0) is 14.8 Å². The summed E-state index contributed by atoms with van der Waals surface area (Å²) < 4.78 is 39.2. The molecule has 0 saturated carbocycles. The molecule has 0 fully saturated rings. The number of rotatable bonds is 7. The van der Waals surface area contributed by atoms with Crippen molar-refractivity contribution < 1.29 is 22.7 Å². The highest BCUT2D eigenvalue weighted by molar-refractivity contribution is 7.92. The Bertz CT molecular complexity index is 1320. The quantitative estimate of drug-likeness (QED) is 0.414. The van der Waals surface area contributed by atoms with E-state index in [0.29, 0.717) is 36.0 Å². The first-order chi connectivity index (χ1) is 16.4. The summed E-state index contributed by atoms with van der Waals surface area (Å²) in [5, 5.41) is 4.01. The van der Waals surface area contributed by atoms with Gasteiger partial charge in [-0.15, -0.1) is 0 Å². The molecule has 1 amide bonds. The van der Waals surface area contributed by atoms with Crippen LogP contribution >= 0.6 is 0 Å². The van der Waals surface area contributed by atoms with E-state index in [1.165, 1.54) is 18.3 Å². The van der Waals surface area contributed by atoms with Gasteiger partial charge in [-0.2, -0.15) is 5.10 Å². The van der Waals surface area contributed by atoms with Crippen molar-refractivity contribution in [2.24, 2.45) is 5.10 Å². The number of anilines is 1. The van der Waals surface area contributed by atoms with Crippen molar-refractivity contribution >= 4 is 27.8 Å². The Labute approximate surface area is 198 Å². The van der Waals surface area contributed by atoms with Gasteiger partial charge in [-0.3, -0.25) is 9.10 Å². The number of ether oxygens (including phenoxy) is 2. The Morgan fingerprint density at radius 2 is 1.79 bits per heavy atom. The number of carbonyl (C=O) groups is 1. The number of hydrogen-bond donors (Lipinski definition) is 1. The van der Waals surface area contributed by atoms with Crippen LogP contribution in [0.4, 0.5) is 5.69 Å². The van der Waals surface area contributed by atoms with Crippen LogP contribution in [0, 0.1) is 13.8 Å². The van der Waals surface area contributed by atoms with E-state index in [4.69, 9.17) is 9.47 Å². The fourth-order valence-electron chi connectivity index (χ4n) is 3.64. The van der Waals surface area contributed by atoms with E-state index in [1.807, 2.05) is 26.0 Å². The largest absolute Gasteiger partial charge is 0.486 e. The first kappa shape index (κ1) is 23.3. The molecule has 1 N–H and O–H groups in total. The molecule has 0 aliphatic carbocycles. The molecule has 0 bridgehead atoms. The lowest BCUT2D eigenvalue weighted by Crippen LogP contribution is -2.40. The molecule has 4 rings (SSSR count). The van der Waals surface area contributed by atoms with Crippen molar-refractivity contribution in [3.05, 3.63) is 83.4 Å². The zero-order valence-corrected chi connectivity index (χ0v) is 19.7. The lowest BCUT2D eigenvalue weighted by Gasteiger charge is -2.25. The number of carbonyl (C=O) groups excluding carboxylic acids is 1. The van der Waals surface area contributed by atoms with E-state index in [-0.39, 0.29) is 4.90 Å². The van der Waals surface area contributed by atoms with Crippen molar-refractivity contribution in [2.75, 3.05) is 24.1 Å². The van der Waals surface area contributed by atoms with Gasteiger partial charge in [-0.1, -0.05) is 42.0 Å². The van der Waals surface area contributed by atoms with Crippen molar-refractivity contribution in [1.82, 2.24) is 5.43 Å². The Balaban J connectivity index is 1.57. The molecule has 0 atom stereocenters. The Hall–Kier alpha value is -3.85. The van der Waals surface area contributed by atoms with Crippen LogP contribution in [0.15, 0.2) is 76.7 Å². The van der Waals surface area contributed by atoms with Gasteiger partial charge in [0.25, 0.3) is 15.9 Å². The normalized spacial score (nSPS) is 13.0. The van der Waals surface area contributed by atoms with Gasteiger partial charge in [-0.25, -0.2) is 13.8 Å². The zero-order chi connectivity index (χ0) is 24.1. The van der Waals surface area contributed by atoms with E-state index in [2.05, 4.69) is 10.5 Å². The van der Waals surface area contributed by atoms with E-state index in [0.717, 1.165) is 15.4 Å². The molecule has 8 nitrogen and oxygen atoms in total. The monoisotopic (exact) mass is 479 g/mol. The maximum absolute atomic E-state index is 13.4. The molecule has 0 unspecified atom stereocenters. The molecule has 3 aromatic carbocycles.